The highest BCUT2D eigenvalue weighted by atomic mass is 16.5. The minimum absolute atomic E-state index is 0.0107. The third kappa shape index (κ3) is 1.57. The van der Waals surface area contributed by atoms with Crippen LogP contribution in [0.5, 0.6) is 0 Å². The first-order valence-electron chi connectivity index (χ1n) is 9.08. The second-order valence-electron chi connectivity index (χ2n) is 9.35. The molecule has 4 aliphatic rings. The van der Waals surface area contributed by atoms with E-state index < -0.39 is 0 Å². The van der Waals surface area contributed by atoms with Crippen LogP contribution in [0.2, 0.25) is 0 Å². The zero-order valence-electron chi connectivity index (χ0n) is 15.0. The monoisotopic (exact) mass is 316 g/mol. The number of esters is 1. The van der Waals surface area contributed by atoms with E-state index in [1.165, 1.54) is 5.57 Å². The highest BCUT2D eigenvalue weighted by molar-refractivity contribution is 5.84. The molecule has 126 valence electrons. The SMILES string of the molecule is CC1=C2OC(=O)C[C@]2(C)[C@H]2C[C@H]3C(=O)C[C@H](C)[C@]2(CC1)C3(C)C. The van der Waals surface area contributed by atoms with Gasteiger partial charge in [0.25, 0.3) is 0 Å². The van der Waals surface area contributed by atoms with Crippen LogP contribution in [0.15, 0.2) is 11.3 Å². The van der Waals surface area contributed by atoms with Crippen molar-refractivity contribution in [1.29, 1.82) is 0 Å². The second kappa shape index (κ2) is 4.29. The van der Waals surface area contributed by atoms with Gasteiger partial charge in [0.1, 0.15) is 11.5 Å². The lowest BCUT2D eigenvalue weighted by Crippen LogP contribution is -2.52. The summed E-state index contributed by atoms with van der Waals surface area (Å²) in [4.78, 5) is 24.9. The van der Waals surface area contributed by atoms with Crippen molar-refractivity contribution in [1.82, 2.24) is 0 Å². The molecule has 1 aliphatic heterocycles. The van der Waals surface area contributed by atoms with Crippen LogP contribution in [0.3, 0.4) is 0 Å². The molecule has 0 unspecified atom stereocenters. The summed E-state index contributed by atoms with van der Waals surface area (Å²) < 4.78 is 5.70. The Labute approximate surface area is 138 Å². The van der Waals surface area contributed by atoms with Crippen LogP contribution in [0.4, 0.5) is 0 Å². The van der Waals surface area contributed by atoms with Gasteiger partial charge in [-0.25, -0.2) is 0 Å². The number of carbonyl (C=O) groups is 2. The summed E-state index contributed by atoms with van der Waals surface area (Å²) in [6.45, 7) is 11.3. The summed E-state index contributed by atoms with van der Waals surface area (Å²) in [6, 6.07) is 0. The van der Waals surface area contributed by atoms with E-state index in [4.69, 9.17) is 4.74 Å². The van der Waals surface area contributed by atoms with E-state index in [-0.39, 0.29) is 28.1 Å². The molecule has 0 aromatic carbocycles. The molecule has 3 aliphatic carbocycles. The first-order valence-corrected chi connectivity index (χ1v) is 9.08. The van der Waals surface area contributed by atoms with E-state index >= 15 is 0 Å². The number of hydrogen-bond acceptors (Lipinski definition) is 3. The Balaban J connectivity index is 1.94. The highest BCUT2D eigenvalue weighted by Crippen LogP contribution is 2.75. The molecule has 2 saturated carbocycles. The van der Waals surface area contributed by atoms with Gasteiger partial charge in [-0.2, -0.15) is 0 Å². The fourth-order valence-electron chi connectivity index (χ4n) is 7.23. The maximum absolute atomic E-state index is 12.7. The summed E-state index contributed by atoms with van der Waals surface area (Å²) >= 11 is 0. The highest BCUT2D eigenvalue weighted by Gasteiger charge is 2.71. The van der Waals surface area contributed by atoms with Crippen LogP contribution in [0.1, 0.15) is 66.7 Å². The molecular formula is C20H28O3. The number of ketones is 1. The molecule has 3 fully saturated rings. The predicted molar refractivity (Wildman–Crippen MR) is 87.3 cm³/mol. The van der Waals surface area contributed by atoms with Crippen molar-refractivity contribution in [2.24, 2.45) is 34.0 Å². The van der Waals surface area contributed by atoms with Gasteiger partial charge in [0.2, 0.25) is 0 Å². The van der Waals surface area contributed by atoms with Gasteiger partial charge in [-0.3, -0.25) is 9.59 Å². The van der Waals surface area contributed by atoms with Gasteiger partial charge < -0.3 is 4.74 Å². The maximum atomic E-state index is 12.7. The molecule has 5 atom stereocenters. The van der Waals surface area contributed by atoms with Gasteiger partial charge >= 0.3 is 5.97 Å². The second-order valence-corrected chi connectivity index (χ2v) is 9.35. The van der Waals surface area contributed by atoms with Crippen molar-refractivity contribution >= 4 is 11.8 Å². The summed E-state index contributed by atoms with van der Waals surface area (Å²) in [5.74, 6) is 2.20. The number of carbonyl (C=O) groups excluding carboxylic acids is 2. The fourth-order valence-corrected chi connectivity index (χ4v) is 7.23. The van der Waals surface area contributed by atoms with Crippen LogP contribution < -0.4 is 0 Å². The smallest absolute Gasteiger partial charge is 0.311 e. The van der Waals surface area contributed by atoms with E-state index in [1.807, 2.05) is 0 Å². The van der Waals surface area contributed by atoms with Crippen molar-refractivity contribution in [3.8, 4) is 0 Å². The number of Topliss-reactive ketones (excluding diaryl/α,β-unsaturated/α-hetero) is 1. The Morgan fingerprint density at radius 3 is 2.57 bits per heavy atom. The normalized spacial score (nSPS) is 48.0. The first-order chi connectivity index (χ1) is 10.6. The molecule has 0 radical (unpaired) electrons. The topological polar surface area (TPSA) is 43.4 Å². The Hall–Kier alpha value is -1.12. The predicted octanol–water partition coefficient (Wildman–Crippen LogP) is 4.27. The van der Waals surface area contributed by atoms with Crippen molar-refractivity contribution in [2.75, 3.05) is 0 Å². The van der Waals surface area contributed by atoms with Crippen molar-refractivity contribution in [2.45, 2.75) is 66.7 Å². The maximum Gasteiger partial charge on any atom is 0.311 e. The Morgan fingerprint density at radius 1 is 1.17 bits per heavy atom. The molecule has 0 aromatic heterocycles. The van der Waals surface area contributed by atoms with Crippen molar-refractivity contribution in [3.63, 3.8) is 0 Å². The van der Waals surface area contributed by atoms with Crippen LogP contribution >= 0.6 is 0 Å². The van der Waals surface area contributed by atoms with Crippen LogP contribution in [0.25, 0.3) is 0 Å². The molecule has 0 aromatic rings. The van der Waals surface area contributed by atoms with Gasteiger partial charge in [0, 0.05) is 17.8 Å². The lowest BCUT2D eigenvalue weighted by atomic mass is 9.48. The van der Waals surface area contributed by atoms with E-state index in [0.29, 0.717) is 30.5 Å². The molecule has 2 bridgehead atoms. The van der Waals surface area contributed by atoms with Crippen LogP contribution in [-0.2, 0) is 14.3 Å². The molecular weight excluding hydrogens is 288 g/mol. The van der Waals surface area contributed by atoms with Gasteiger partial charge in [-0.15, -0.1) is 0 Å². The summed E-state index contributed by atoms with van der Waals surface area (Å²) in [7, 11) is 0. The quantitative estimate of drug-likeness (QED) is 0.627. The molecule has 1 spiro atoms. The minimum Gasteiger partial charge on any atom is -0.430 e. The Kier molecular flexibility index (Phi) is 2.87. The zero-order valence-corrected chi connectivity index (χ0v) is 15.0. The Bertz CT molecular complexity index is 643. The van der Waals surface area contributed by atoms with Gasteiger partial charge in [0.05, 0.1) is 6.42 Å². The van der Waals surface area contributed by atoms with E-state index in [9.17, 15) is 9.59 Å². The number of allylic oxidation sites excluding steroid dienone is 2. The summed E-state index contributed by atoms with van der Waals surface area (Å²) in [5.41, 5.74) is 1.18. The molecule has 23 heavy (non-hydrogen) atoms. The molecule has 1 saturated heterocycles. The minimum atomic E-state index is -0.220. The van der Waals surface area contributed by atoms with Crippen molar-refractivity contribution in [3.05, 3.63) is 11.3 Å². The van der Waals surface area contributed by atoms with Gasteiger partial charge in [-0.05, 0) is 54.4 Å². The van der Waals surface area contributed by atoms with E-state index in [2.05, 4.69) is 34.6 Å². The average Bonchev–Trinajstić information content (AvgIpc) is 2.79. The molecule has 3 nitrogen and oxygen atoms in total. The summed E-state index contributed by atoms with van der Waals surface area (Å²) in [5, 5.41) is 0. The number of hydrogen-bond donors (Lipinski definition) is 0. The van der Waals surface area contributed by atoms with Gasteiger partial charge in [-0.1, -0.05) is 27.7 Å². The lowest BCUT2D eigenvalue weighted by molar-refractivity contribution is -0.142. The Morgan fingerprint density at radius 2 is 1.87 bits per heavy atom. The fraction of sp³-hybridized carbons (Fsp3) is 0.800. The van der Waals surface area contributed by atoms with Crippen LogP contribution in [0, 0.1) is 34.0 Å². The van der Waals surface area contributed by atoms with Crippen LogP contribution in [-0.4, -0.2) is 11.8 Å². The van der Waals surface area contributed by atoms with E-state index in [1.54, 1.807) is 0 Å². The standard InChI is InChI=1S/C20H28O3/c1-11-6-7-20-12(2)8-14(21)13(18(20,3)4)9-15(20)19(5)10-16(22)23-17(11)19/h12-13,15H,6-10H2,1-5H3/t12-,13-,15+,19+,20-/m0/s1. The molecule has 4 rings (SSSR count). The molecule has 0 N–H and O–H groups in total. The number of ether oxygens (including phenoxy) is 1. The zero-order chi connectivity index (χ0) is 16.8. The average molecular weight is 316 g/mol. The third-order valence-corrected chi connectivity index (χ3v) is 8.26. The number of rotatable bonds is 0. The molecule has 1 heterocycles. The third-order valence-electron chi connectivity index (χ3n) is 8.26. The lowest BCUT2D eigenvalue weighted by Gasteiger charge is -2.55. The van der Waals surface area contributed by atoms with Crippen molar-refractivity contribution < 1.29 is 14.3 Å². The van der Waals surface area contributed by atoms with Gasteiger partial charge in [0.15, 0.2) is 0 Å². The first kappa shape index (κ1) is 15.4. The summed E-state index contributed by atoms with van der Waals surface area (Å²) in [6.07, 6.45) is 4.24. The molecule has 3 heteroatoms. The largest absolute Gasteiger partial charge is 0.430 e. The molecule has 0 amide bonds. The number of fused-ring (bicyclic) bond motifs is 3. The van der Waals surface area contributed by atoms with E-state index in [0.717, 1.165) is 25.0 Å².